The number of carbonyl (C=O) groups is 1. The van der Waals surface area contributed by atoms with Gasteiger partial charge in [0.25, 0.3) is 0 Å². The summed E-state index contributed by atoms with van der Waals surface area (Å²) in [4.78, 5) is 13.4. The minimum Gasteiger partial charge on any atom is -0.328 e. The van der Waals surface area contributed by atoms with Crippen molar-refractivity contribution >= 4 is 16.7 Å². The standard InChI is InChI=1S/C9H18N2O2S/c1-3-8-9(12)11(7-10-8)5-6-14(13)4-2/h8,10H,3-7H2,1-2H3. The first-order chi connectivity index (χ1) is 6.69. The molecule has 0 spiro atoms. The highest BCUT2D eigenvalue weighted by Gasteiger charge is 2.28. The maximum atomic E-state index is 11.6. The summed E-state index contributed by atoms with van der Waals surface area (Å²) in [5, 5.41) is 3.13. The zero-order valence-corrected chi connectivity index (χ0v) is 9.60. The van der Waals surface area contributed by atoms with Gasteiger partial charge in [0.2, 0.25) is 5.91 Å². The smallest absolute Gasteiger partial charge is 0.240 e. The Hall–Kier alpha value is -0.420. The Morgan fingerprint density at radius 1 is 1.57 bits per heavy atom. The number of nitrogens with one attached hydrogen (secondary N) is 1. The molecule has 1 aliphatic heterocycles. The Morgan fingerprint density at radius 2 is 2.29 bits per heavy atom. The fraction of sp³-hybridized carbons (Fsp3) is 0.889. The van der Waals surface area contributed by atoms with Crippen molar-refractivity contribution in [3.63, 3.8) is 0 Å². The van der Waals surface area contributed by atoms with Gasteiger partial charge in [0.15, 0.2) is 0 Å². The van der Waals surface area contributed by atoms with Crippen LogP contribution in [0.5, 0.6) is 0 Å². The second-order valence-electron chi connectivity index (χ2n) is 3.36. The Bertz CT molecular complexity index is 233. The number of hydrogen-bond donors (Lipinski definition) is 1. The SMILES string of the molecule is CCC1NCN(CCS(=O)CC)C1=O. The molecule has 1 fully saturated rings. The molecule has 5 heteroatoms. The van der Waals surface area contributed by atoms with E-state index in [9.17, 15) is 9.00 Å². The zero-order chi connectivity index (χ0) is 10.6. The highest BCUT2D eigenvalue weighted by Crippen LogP contribution is 2.06. The molecule has 82 valence electrons. The molecule has 1 saturated heterocycles. The first-order valence-corrected chi connectivity index (χ1v) is 6.55. The van der Waals surface area contributed by atoms with E-state index in [-0.39, 0.29) is 11.9 Å². The fourth-order valence-corrected chi connectivity index (χ4v) is 2.18. The minimum atomic E-state index is -0.773. The van der Waals surface area contributed by atoms with E-state index < -0.39 is 10.8 Å². The van der Waals surface area contributed by atoms with Crippen LogP contribution in [0.15, 0.2) is 0 Å². The molecule has 1 heterocycles. The Balaban J connectivity index is 2.33. The lowest BCUT2D eigenvalue weighted by Gasteiger charge is -2.14. The summed E-state index contributed by atoms with van der Waals surface area (Å²) in [5.74, 6) is 1.42. The average molecular weight is 218 g/mol. The molecule has 1 rings (SSSR count). The largest absolute Gasteiger partial charge is 0.328 e. The molecule has 0 aliphatic carbocycles. The monoisotopic (exact) mass is 218 g/mol. The molecule has 4 nitrogen and oxygen atoms in total. The van der Waals surface area contributed by atoms with Crippen molar-refractivity contribution in [2.75, 3.05) is 24.7 Å². The summed E-state index contributed by atoms with van der Waals surface area (Å²) in [5.41, 5.74) is 0. The summed E-state index contributed by atoms with van der Waals surface area (Å²) >= 11 is 0. The molecular weight excluding hydrogens is 200 g/mol. The molecule has 2 unspecified atom stereocenters. The third-order valence-corrected chi connectivity index (χ3v) is 3.74. The Kier molecular flexibility index (Phi) is 4.54. The van der Waals surface area contributed by atoms with Gasteiger partial charge in [-0.2, -0.15) is 0 Å². The van der Waals surface area contributed by atoms with Gasteiger partial charge in [-0.25, -0.2) is 0 Å². The molecule has 2 atom stereocenters. The van der Waals surface area contributed by atoms with Gasteiger partial charge in [0, 0.05) is 28.9 Å². The molecule has 0 aromatic heterocycles. The number of rotatable bonds is 5. The van der Waals surface area contributed by atoms with Crippen LogP contribution in [0.4, 0.5) is 0 Å². The van der Waals surface area contributed by atoms with E-state index in [2.05, 4.69) is 5.32 Å². The molecule has 1 N–H and O–H groups in total. The Morgan fingerprint density at radius 3 is 2.79 bits per heavy atom. The maximum Gasteiger partial charge on any atom is 0.240 e. The van der Waals surface area contributed by atoms with Gasteiger partial charge in [0.1, 0.15) is 0 Å². The number of nitrogens with zero attached hydrogens (tertiary/aromatic N) is 1. The van der Waals surface area contributed by atoms with E-state index in [0.717, 1.165) is 6.42 Å². The molecule has 0 bridgehead atoms. The summed E-state index contributed by atoms with van der Waals surface area (Å²) < 4.78 is 11.2. The summed E-state index contributed by atoms with van der Waals surface area (Å²) in [7, 11) is -0.773. The van der Waals surface area contributed by atoms with Crippen LogP contribution in [0, 0.1) is 0 Å². The predicted octanol–water partition coefficient (Wildman–Crippen LogP) is -0.0771. The van der Waals surface area contributed by atoms with Crippen LogP contribution in [-0.4, -0.2) is 45.8 Å². The van der Waals surface area contributed by atoms with Crippen LogP contribution in [0.1, 0.15) is 20.3 Å². The number of hydrogen-bond acceptors (Lipinski definition) is 3. The third kappa shape index (κ3) is 2.78. The van der Waals surface area contributed by atoms with E-state index in [0.29, 0.717) is 24.7 Å². The molecule has 0 radical (unpaired) electrons. The highest BCUT2D eigenvalue weighted by atomic mass is 32.2. The molecule has 0 aromatic rings. The lowest BCUT2D eigenvalue weighted by Crippen LogP contribution is -2.32. The lowest BCUT2D eigenvalue weighted by atomic mass is 10.2. The van der Waals surface area contributed by atoms with Gasteiger partial charge in [-0.15, -0.1) is 0 Å². The zero-order valence-electron chi connectivity index (χ0n) is 8.78. The summed E-state index contributed by atoms with van der Waals surface area (Å²) in [6, 6.07) is -0.0231. The molecule has 0 saturated carbocycles. The second kappa shape index (κ2) is 5.46. The third-order valence-electron chi connectivity index (χ3n) is 2.46. The van der Waals surface area contributed by atoms with E-state index in [1.165, 1.54) is 0 Å². The second-order valence-corrected chi connectivity index (χ2v) is 5.22. The Labute approximate surface area is 87.5 Å². The van der Waals surface area contributed by atoms with E-state index >= 15 is 0 Å². The van der Waals surface area contributed by atoms with Gasteiger partial charge in [0.05, 0.1) is 12.7 Å². The summed E-state index contributed by atoms with van der Waals surface area (Å²) in [6.45, 7) is 5.11. The van der Waals surface area contributed by atoms with Crippen molar-refractivity contribution in [1.29, 1.82) is 0 Å². The van der Waals surface area contributed by atoms with Gasteiger partial charge < -0.3 is 4.90 Å². The first-order valence-electron chi connectivity index (χ1n) is 5.06. The van der Waals surface area contributed by atoms with Crippen LogP contribution in [-0.2, 0) is 15.6 Å². The maximum absolute atomic E-state index is 11.6. The van der Waals surface area contributed by atoms with Crippen molar-refractivity contribution in [3.8, 4) is 0 Å². The van der Waals surface area contributed by atoms with Crippen LogP contribution < -0.4 is 5.32 Å². The number of carbonyl (C=O) groups excluding carboxylic acids is 1. The average Bonchev–Trinajstić information content (AvgIpc) is 2.56. The number of amides is 1. The lowest BCUT2D eigenvalue weighted by molar-refractivity contribution is -0.128. The van der Waals surface area contributed by atoms with Crippen molar-refractivity contribution < 1.29 is 9.00 Å². The van der Waals surface area contributed by atoms with Gasteiger partial charge in [-0.3, -0.25) is 14.3 Å². The highest BCUT2D eigenvalue weighted by molar-refractivity contribution is 7.84. The van der Waals surface area contributed by atoms with Crippen LogP contribution in [0.3, 0.4) is 0 Å². The van der Waals surface area contributed by atoms with Crippen LogP contribution in [0.25, 0.3) is 0 Å². The molecular formula is C9H18N2O2S. The van der Waals surface area contributed by atoms with Gasteiger partial charge in [-0.05, 0) is 6.42 Å². The van der Waals surface area contributed by atoms with E-state index in [4.69, 9.17) is 0 Å². The van der Waals surface area contributed by atoms with E-state index in [1.54, 1.807) is 4.90 Å². The molecule has 1 amide bonds. The van der Waals surface area contributed by atoms with Crippen molar-refractivity contribution in [3.05, 3.63) is 0 Å². The first kappa shape index (κ1) is 11.7. The minimum absolute atomic E-state index is 0.0231. The van der Waals surface area contributed by atoms with Crippen LogP contribution >= 0.6 is 0 Å². The predicted molar refractivity (Wildman–Crippen MR) is 57.3 cm³/mol. The van der Waals surface area contributed by atoms with E-state index in [1.807, 2.05) is 13.8 Å². The van der Waals surface area contributed by atoms with Gasteiger partial charge in [-0.1, -0.05) is 13.8 Å². The molecule has 1 aliphatic rings. The van der Waals surface area contributed by atoms with Crippen molar-refractivity contribution in [2.45, 2.75) is 26.3 Å². The van der Waals surface area contributed by atoms with Crippen molar-refractivity contribution in [1.82, 2.24) is 10.2 Å². The quantitative estimate of drug-likeness (QED) is 0.702. The molecule has 0 aromatic carbocycles. The topological polar surface area (TPSA) is 49.4 Å². The fourth-order valence-electron chi connectivity index (χ4n) is 1.47. The normalized spacial score (nSPS) is 24.3. The van der Waals surface area contributed by atoms with Crippen LogP contribution in [0.2, 0.25) is 0 Å². The summed E-state index contributed by atoms with van der Waals surface area (Å²) in [6.07, 6.45) is 0.826. The van der Waals surface area contributed by atoms with Gasteiger partial charge >= 0.3 is 0 Å². The van der Waals surface area contributed by atoms with Crippen molar-refractivity contribution in [2.24, 2.45) is 0 Å². The molecule has 14 heavy (non-hydrogen) atoms.